The molecule has 0 aromatic rings. The fraction of sp³-hybridized carbons (Fsp3) is 0.857. The molecule has 0 saturated heterocycles. The Bertz CT molecular complexity index is 112. The lowest BCUT2D eigenvalue weighted by Gasteiger charge is -2.14. The Morgan fingerprint density at radius 1 is 1.60 bits per heavy atom. The number of carboxylic acids is 1. The second-order valence-electron chi connectivity index (χ2n) is 2.62. The highest BCUT2D eigenvalue weighted by molar-refractivity contribution is 5.73. The molecule has 0 rings (SSSR count). The maximum Gasteiger partial charge on any atom is 0.320 e. The average Bonchev–Trinajstić information content (AvgIpc) is 1.81. The van der Waals surface area contributed by atoms with Crippen LogP contribution in [-0.4, -0.2) is 23.2 Å². The second kappa shape index (κ2) is 4.28. The van der Waals surface area contributed by atoms with E-state index in [1.807, 2.05) is 20.8 Å². The fourth-order valence-corrected chi connectivity index (χ4v) is 0.766. The lowest BCUT2D eigenvalue weighted by atomic mass is 10.2. The predicted molar refractivity (Wildman–Crippen MR) is 40.0 cm³/mol. The van der Waals surface area contributed by atoms with Gasteiger partial charge in [-0.2, -0.15) is 0 Å². The monoisotopic (exact) mass is 145 g/mol. The first-order valence-corrected chi connectivity index (χ1v) is 3.56. The van der Waals surface area contributed by atoms with Crippen molar-refractivity contribution in [2.24, 2.45) is 0 Å². The molecule has 1 atom stereocenters. The zero-order chi connectivity index (χ0) is 8.15. The van der Waals surface area contributed by atoms with Crippen LogP contribution >= 0.6 is 0 Å². The van der Waals surface area contributed by atoms with E-state index in [0.717, 1.165) is 0 Å². The minimum atomic E-state index is -0.767. The van der Waals surface area contributed by atoms with Gasteiger partial charge in [0.1, 0.15) is 6.04 Å². The summed E-state index contributed by atoms with van der Waals surface area (Å²) in [5.41, 5.74) is 0. The Balaban J connectivity index is 3.72. The largest absolute Gasteiger partial charge is 0.480 e. The summed E-state index contributed by atoms with van der Waals surface area (Å²) in [4.78, 5) is 10.4. The van der Waals surface area contributed by atoms with Gasteiger partial charge in [0.2, 0.25) is 0 Å². The van der Waals surface area contributed by atoms with E-state index < -0.39 is 5.97 Å². The Hall–Kier alpha value is -0.570. The molecule has 10 heavy (non-hydrogen) atoms. The number of hydrogen-bond acceptors (Lipinski definition) is 2. The third kappa shape index (κ3) is 3.45. The van der Waals surface area contributed by atoms with Gasteiger partial charge in [0.15, 0.2) is 0 Å². The van der Waals surface area contributed by atoms with Crippen LogP contribution in [0.3, 0.4) is 0 Å². The Morgan fingerprint density at radius 2 is 2.10 bits per heavy atom. The topological polar surface area (TPSA) is 49.3 Å². The fourth-order valence-electron chi connectivity index (χ4n) is 0.766. The van der Waals surface area contributed by atoms with Crippen molar-refractivity contribution < 1.29 is 9.90 Å². The van der Waals surface area contributed by atoms with Gasteiger partial charge in [0.05, 0.1) is 0 Å². The zero-order valence-electron chi connectivity index (χ0n) is 6.72. The van der Waals surface area contributed by atoms with Crippen LogP contribution in [0.1, 0.15) is 27.2 Å². The maximum absolute atomic E-state index is 10.4. The quantitative estimate of drug-likeness (QED) is 0.616. The molecule has 0 aliphatic heterocycles. The smallest absolute Gasteiger partial charge is 0.320 e. The number of hydrogen-bond donors (Lipinski definition) is 2. The third-order valence-electron chi connectivity index (χ3n) is 1.24. The van der Waals surface area contributed by atoms with Crippen molar-refractivity contribution in [3.63, 3.8) is 0 Å². The maximum atomic E-state index is 10.4. The molecule has 0 amide bonds. The van der Waals surface area contributed by atoms with E-state index in [0.29, 0.717) is 6.42 Å². The molecule has 0 aromatic carbocycles. The Morgan fingerprint density at radius 3 is 2.20 bits per heavy atom. The van der Waals surface area contributed by atoms with E-state index >= 15 is 0 Å². The first-order valence-electron chi connectivity index (χ1n) is 3.56. The molecule has 0 aliphatic rings. The molecule has 0 fully saturated rings. The van der Waals surface area contributed by atoms with Crippen LogP contribution in [0.15, 0.2) is 0 Å². The van der Waals surface area contributed by atoms with Crippen molar-refractivity contribution >= 4 is 5.97 Å². The van der Waals surface area contributed by atoms with E-state index in [-0.39, 0.29) is 12.1 Å². The molecule has 0 aliphatic carbocycles. The van der Waals surface area contributed by atoms with Crippen molar-refractivity contribution in [3.8, 4) is 0 Å². The first-order chi connectivity index (χ1) is 4.57. The average molecular weight is 145 g/mol. The molecule has 0 spiro atoms. The van der Waals surface area contributed by atoms with E-state index in [4.69, 9.17) is 5.11 Å². The molecule has 3 nitrogen and oxygen atoms in total. The van der Waals surface area contributed by atoms with Crippen LogP contribution in [0.2, 0.25) is 0 Å². The second-order valence-corrected chi connectivity index (χ2v) is 2.62. The van der Waals surface area contributed by atoms with Crippen LogP contribution in [0.25, 0.3) is 0 Å². The molecule has 3 heteroatoms. The summed E-state index contributed by atoms with van der Waals surface area (Å²) in [6, 6.07) is -0.152. The molecule has 2 N–H and O–H groups in total. The van der Waals surface area contributed by atoms with Crippen molar-refractivity contribution in [3.05, 3.63) is 0 Å². The van der Waals surface area contributed by atoms with Crippen molar-refractivity contribution in [1.29, 1.82) is 0 Å². The highest BCUT2D eigenvalue weighted by Crippen LogP contribution is 1.92. The predicted octanol–water partition coefficient (Wildman–Crippen LogP) is 0.848. The number of nitrogens with one attached hydrogen (secondary N) is 1. The van der Waals surface area contributed by atoms with Crippen LogP contribution in [0.4, 0.5) is 0 Å². The SMILES string of the molecule is CCC(NC(C)C)C(=O)O. The van der Waals surface area contributed by atoms with Crippen molar-refractivity contribution in [2.45, 2.75) is 39.3 Å². The minimum absolute atomic E-state index is 0.237. The highest BCUT2D eigenvalue weighted by Gasteiger charge is 2.14. The van der Waals surface area contributed by atoms with Crippen LogP contribution in [0, 0.1) is 0 Å². The van der Waals surface area contributed by atoms with Crippen LogP contribution in [0.5, 0.6) is 0 Å². The molecular formula is C7H15NO2. The van der Waals surface area contributed by atoms with Crippen LogP contribution < -0.4 is 5.32 Å². The van der Waals surface area contributed by atoms with Crippen LogP contribution in [-0.2, 0) is 4.79 Å². The first kappa shape index (κ1) is 9.43. The summed E-state index contributed by atoms with van der Waals surface area (Å²) in [6.07, 6.45) is 0.632. The summed E-state index contributed by atoms with van der Waals surface area (Å²) in [5, 5.41) is 11.5. The normalized spacial score (nSPS) is 13.6. The Labute approximate surface area is 61.4 Å². The van der Waals surface area contributed by atoms with Gasteiger partial charge in [-0.15, -0.1) is 0 Å². The molecular weight excluding hydrogens is 130 g/mol. The lowest BCUT2D eigenvalue weighted by molar-refractivity contribution is -0.139. The molecule has 60 valence electrons. The van der Waals surface area contributed by atoms with Gasteiger partial charge in [-0.3, -0.25) is 4.79 Å². The summed E-state index contributed by atoms with van der Waals surface area (Å²) >= 11 is 0. The molecule has 0 radical (unpaired) electrons. The summed E-state index contributed by atoms with van der Waals surface area (Å²) in [7, 11) is 0. The number of aliphatic carboxylic acids is 1. The van der Waals surface area contributed by atoms with Crippen molar-refractivity contribution in [2.75, 3.05) is 0 Å². The third-order valence-corrected chi connectivity index (χ3v) is 1.24. The van der Waals surface area contributed by atoms with Gasteiger partial charge >= 0.3 is 5.97 Å². The molecule has 0 saturated carbocycles. The number of carboxylic acid groups (broad SMARTS) is 1. The lowest BCUT2D eigenvalue weighted by Crippen LogP contribution is -2.40. The van der Waals surface area contributed by atoms with E-state index in [1.165, 1.54) is 0 Å². The van der Waals surface area contributed by atoms with Gasteiger partial charge in [-0.25, -0.2) is 0 Å². The minimum Gasteiger partial charge on any atom is -0.480 e. The summed E-state index contributed by atoms with van der Waals surface area (Å²) in [6.45, 7) is 5.73. The van der Waals surface area contributed by atoms with Gasteiger partial charge in [0, 0.05) is 6.04 Å². The number of rotatable bonds is 4. The molecule has 0 bridgehead atoms. The molecule has 0 heterocycles. The molecule has 1 unspecified atom stereocenters. The van der Waals surface area contributed by atoms with E-state index in [1.54, 1.807) is 0 Å². The van der Waals surface area contributed by atoms with Gasteiger partial charge in [0.25, 0.3) is 0 Å². The van der Waals surface area contributed by atoms with E-state index in [2.05, 4.69) is 5.32 Å². The Kier molecular flexibility index (Phi) is 4.03. The zero-order valence-corrected chi connectivity index (χ0v) is 6.72. The van der Waals surface area contributed by atoms with Crippen molar-refractivity contribution in [1.82, 2.24) is 5.32 Å². The molecule has 0 aromatic heterocycles. The van der Waals surface area contributed by atoms with Gasteiger partial charge < -0.3 is 10.4 Å². The number of carbonyl (C=O) groups is 1. The van der Waals surface area contributed by atoms with E-state index in [9.17, 15) is 4.79 Å². The standard InChI is InChI=1S/C7H15NO2/c1-4-6(7(9)10)8-5(2)3/h5-6,8H,4H2,1-3H3,(H,9,10). The van der Waals surface area contributed by atoms with Gasteiger partial charge in [-0.05, 0) is 6.42 Å². The summed E-state index contributed by atoms with van der Waals surface area (Å²) in [5.74, 6) is -0.767. The summed E-state index contributed by atoms with van der Waals surface area (Å²) < 4.78 is 0. The van der Waals surface area contributed by atoms with Gasteiger partial charge in [-0.1, -0.05) is 20.8 Å². The highest BCUT2D eigenvalue weighted by atomic mass is 16.4.